The normalized spacial score (nSPS) is 12.0. The van der Waals surface area contributed by atoms with Crippen molar-refractivity contribution in [2.75, 3.05) is 12.3 Å². The summed E-state index contributed by atoms with van der Waals surface area (Å²) in [6, 6.07) is 8.97. The van der Waals surface area contributed by atoms with Crippen molar-refractivity contribution in [1.29, 1.82) is 0 Å². The second-order valence-electron chi connectivity index (χ2n) is 7.90. The first-order valence-corrected chi connectivity index (χ1v) is 9.82. The molecule has 1 unspecified atom stereocenters. The summed E-state index contributed by atoms with van der Waals surface area (Å²) in [4.78, 5) is 52.3. The van der Waals surface area contributed by atoms with Crippen LogP contribution in [0.5, 0.6) is 0 Å². The summed E-state index contributed by atoms with van der Waals surface area (Å²) >= 11 is 0. The second kappa shape index (κ2) is 10.5. The number of nitrogen functional groups attached to an aromatic ring is 1. The molecule has 32 heavy (non-hydrogen) atoms. The van der Waals surface area contributed by atoms with E-state index in [4.69, 9.17) is 15.2 Å². The molecule has 1 atom stereocenters. The van der Waals surface area contributed by atoms with Crippen LogP contribution >= 0.6 is 0 Å². The SMILES string of the molecule is CC(NCC(=O)n1cc(C(=O)OCc2ccccc2)c(N)nc1=O)NC(=O)OC(C)(C)C. The number of aromatic nitrogens is 2. The fourth-order valence-electron chi connectivity index (χ4n) is 2.47. The lowest BCUT2D eigenvalue weighted by atomic mass is 10.2. The first-order chi connectivity index (χ1) is 15.0. The van der Waals surface area contributed by atoms with E-state index in [1.807, 2.05) is 6.07 Å². The number of rotatable bonds is 7. The van der Waals surface area contributed by atoms with Crippen LogP contribution in [-0.2, 0) is 16.1 Å². The highest BCUT2D eigenvalue weighted by molar-refractivity contribution is 5.94. The Labute approximate surface area is 184 Å². The van der Waals surface area contributed by atoms with Crippen LogP contribution in [0.25, 0.3) is 0 Å². The number of carbonyl (C=O) groups is 3. The highest BCUT2D eigenvalue weighted by Crippen LogP contribution is 2.10. The van der Waals surface area contributed by atoms with Gasteiger partial charge in [-0.25, -0.2) is 19.0 Å². The molecule has 0 aliphatic heterocycles. The zero-order valence-electron chi connectivity index (χ0n) is 18.4. The summed E-state index contributed by atoms with van der Waals surface area (Å²) in [6.07, 6.45) is -0.310. The Balaban J connectivity index is 2.01. The molecule has 1 aromatic carbocycles. The molecule has 0 aliphatic rings. The van der Waals surface area contributed by atoms with Crippen molar-refractivity contribution in [2.45, 2.75) is 46.1 Å². The lowest BCUT2D eigenvalue weighted by Crippen LogP contribution is -2.48. The lowest BCUT2D eigenvalue weighted by Gasteiger charge is -2.22. The van der Waals surface area contributed by atoms with E-state index in [1.165, 1.54) is 0 Å². The average molecular weight is 445 g/mol. The van der Waals surface area contributed by atoms with Gasteiger partial charge in [0.1, 0.15) is 23.6 Å². The fourth-order valence-corrected chi connectivity index (χ4v) is 2.47. The summed E-state index contributed by atoms with van der Waals surface area (Å²) in [7, 11) is 0. The monoisotopic (exact) mass is 445 g/mol. The maximum Gasteiger partial charge on any atom is 0.408 e. The molecule has 0 saturated heterocycles. The van der Waals surface area contributed by atoms with Crippen LogP contribution in [0.3, 0.4) is 0 Å². The summed E-state index contributed by atoms with van der Waals surface area (Å²) in [6.45, 7) is 6.40. The Morgan fingerprint density at radius 3 is 2.47 bits per heavy atom. The maximum absolute atomic E-state index is 12.5. The van der Waals surface area contributed by atoms with E-state index < -0.39 is 35.4 Å². The zero-order valence-corrected chi connectivity index (χ0v) is 18.4. The number of amides is 1. The average Bonchev–Trinajstić information content (AvgIpc) is 2.69. The van der Waals surface area contributed by atoms with Crippen LogP contribution in [0.15, 0.2) is 41.3 Å². The Kier molecular flexibility index (Phi) is 8.08. The number of alkyl carbamates (subject to hydrolysis) is 1. The van der Waals surface area contributed by atoms with Crippen LogP contribution < -0.4 is 22.1 Å². The molecule has 2 rings (SSSR count). The van der Waals surface area contributed by atoms with Crippen molar-refractivity contribution < 1.29 is 23.9 Å². The standard InChI is InChI=1S/C21H27N5O6/c1-13(24-20(30)32-21(2,3)4)23-10-16(27)26-11-15(17(22)25-19(26)29)18(28)31-12-14-8-6-5-7-9-14/h5-9,11,13,23H,10,12H2,1-4H3,(H,24,30)(H2,22,25,29). The second-order valence-corrected chi connectivity index (χ2v) is 7.90. The third-order valence-electron chi connectivity index (χ3n) is 3.95. The van der Waals surface area contributed by atoms with Crippen molar-refractivity contribution in [3.05, 3.63) is 58.1 Å². The highest BCUT2D eigenvalue weighted by Gasteiger charge is 2.20. The third kappa shape index (κ3) is 7.51. The summed E-state index contributed by atoms with van der Waals surface area (Å²) < 4.78 is 11.0. The predicted octanol–water partition coefficient (Wildman–Crippen LogP) is 1.28. The molecule has 0 radical (unpaired) electrons. The predicted molar refractivity (Wildman–Crippen MR) is 116 cm³/mol. The molecule has 0 bridgehead atoms. The molecule has 172 valence electrons. The molecule has 0 spiro atoms. The first-order valence-electron chi connectivity index (χ1n) is 9.82. The summed E-state index contributed by atoms with van der Waals surface area (Å²) in [5.41, 5.74) is 4.60. The summed E-state index contributed by atoms with van der Waals surface area (Å²) in [5.74, 6) is -1.88. The highest BCUT2D eigenvalue weighted by atomic mass is 16.6. The smallest absolute Gasteiger partial charge is 0.408 e. The van der Waals surface area contributed by atoms with E-state index >= 15 is 0 Å². The minimum absolute atomic E-state index is 0.0123. The van der Waals surface area contributed by atoms with E-state index in [0.717, 1.165) is 11.8 Å². The Hall–Kier alpha value is -3.73. The van der Waals surface area contributed by atoms with Gasteiger partial charge >= 0.3 is 17.8 Å². The molecule has 1 heterocycles. The Morgan fingerprint density at radius 1 is 1.19 bits per heavy atom. The topological polar surface area (TPSA) is 155 Å². The van der Waals surface area contributed by atoms with Crippen molar-refractivity contribution in [3.63, 3.8) is 0 Å². The van der Waals surface area contributed by atoms with Crippen molar-refractivity contribution in [1.82, 2.24) is 20.2 Å². The number of anilines is 1. The van der Waals surface area contributed by atoms with Gasteiger partial charge in [0.05, 0.1) is 12.7 Å². The van der Waals surface area contributed by atoms with Gasteiger partial charge in [-0.2, -0.15) is 4.98 Å². The number of esters is 1. The van der Waals surface area contributed by atoms with Gasteiger partial charge in [0.2, 0.25) is 5.91 Å². The lowest BCUT2D eigenvalue weighted by molar-refractivity contribution is 0.0468. The van der Waals surface area contributed by atoms with Crippen molar-refractivity contribution >= 4 is 23.8 Å². The molecule has 4 N–H and O–H groups in total. The number of nitrogens with zero attached hydrogens (tertiary/aromatic N) is 2. The van der Waals surface area contributed by atoms with E-state index in [0.29, 0.717) is 4.57 Å². The minimum Gasteiger partial charge on any atom is -0.457 e. The largest absolute Gasteiger partial charge is 0.457 e. The molecule has 1 aromatic heterocycles. The van der Waals surface area contributed by atoms with Crippen molar-refractivity contribution in [3.8, 4) is 0 Å². The number of carbonyl (C=O) groups excluding carboxylic acids is 3. The molecule has 0 aliphatic carbocycles. The third-order valence-corrected chi connectivity index (χ3v) is 3.95. The maximum atomic E-state index is 12.5. The molecular formula is C21H27N5O6. The number of nitrogens with one attached hydrogen (secondary N) is 2. The fraction of sp³-hybridized carbons (Fsp3) is 0.381. The van der Waals surface area contributed by atoms with Crippen molar-refractivity contribution in [2.24, 2.45) is 0 Å². The minimum atomic E-state index is -0.943. The number of nitrogens with two attached hydrogens (primary N) is 1. The van der Waals surface area contributed by atoms with E-state index in [1.54, 1.807) is 52.0 Å². The first kappa shape index (κ1) is 24.5. The van der Waals surface area contributed by atoms with Crippen LogP contribution in [0.2, 0.25) is 0 Å². The summed E-state index contributed by atoms with van der Waals surface area (Å²) in [5, 5.41) is 5.25. The van der Waals surface area contributed by atoms with Crippen LogP contribution in [-0.4, -0.2) is 45.8 Å². The zero-order chi connectivity index (χ0) is 23.9. The molecule has 11 heteroatoms. The number of benzene rings is 1. The molecular weight excluding hydrogens is 418 g/mol. The molecule has 11 nitrogen and oxygen atoms in total. The number of hydrogen-bond donors (Lipinski definition) is 3. The van der Waals surface area contributed by atoms with Crippen LogP contribution in [0.4, 0.5) is 10.6 Å². The van der Waals surface area contributed by atoms with Gasteiger partial charge < -0.3 is 20.5 Å². The van der Waals surface area contributed by atoms with Gasteiger partial charge in [0, 0.05) is 6.20 Å². The molecule has 0 fully saturated rings. The molecule has 0 saturated carbocycles. The van der Waals surface area contributed by atoms with E-state index in [2.05, 4.69) is 15.6 Å². The van der Waals surface area contributed by atoms with Gasteiger partial charge in [-0.15, -0.1) is 0 Å². The Bertz CT molecular complexity index is 1030. The number of ether oxygens (including phenoxy) is 2. The Morgan fingerprint density at radius 2 is 1.84 bits per heavy atom. The van der Waals surface area contributed by atoms with Gasteiger partial charge in [0.15, 0.2) is 0 Å². The molecule has 2 aromatic rings. The van der Waals surface area contributed by atoms with Gasteiger partial charge in [-0.1, -0.05) is 30.3 Å². The quantitative estimate of drug-likeness (QED) is 0.422. The van der Waals surface area contributed by atoms with Gasteiger partial charge in [-0.3, -0.25) is 10.1 Å². The van der Waals surface area contributed by atoms with Gasteiger partial charge in [-0.05, 0) is 33.3 Å². The molecule has 1 amide bonds. The van der Waals surface area contributed by atoms with Crippen LogP contribution in [0.1, 0.15) is 48.4 Å². The van der Waals surface area contributed by atoms with E-state index in [9.17, 15) is 19.2 Å². The van der Waals surface area contributed by atoms with Gasteiger partial charge in [0.25, 0.3) is 0 Å². The van der Waals surface area contributed by atoms with Crippen LogP contribution in [0, 0.1) is 0 Å². The number of hydrogen-bond acceptors (Lipinski definition) is 9. The van der Waals surface area contributed by atoms with E-state index in [-0.39, 0.29) is 24.5 Å².